The number of amides is 3. The van der Waals surface area contributed by atoms with Gasteiger partial charge in [0.1, 0.15) is 5.75 Å². The molecular formula is C24H31N5O6. The number of ether oxygens (including phenoxy) is 1. The summed E-state index contributed by atoms with van der Waals surface area (Å²) >= 11 is 0. The van der Waals surface area contributed by atoms with Gasteiger partial charge in [0, 0.05) is 44.4 Å². The van der Waals surface area contributed by atoms with E-state index in [9.17, 15) is 19.2 Å². The monoisotopic (exact) mass is 485 g/mol. The van der Waals surface area contributed by atoms with E-state index in [1.165, 1.54) is 6.92 Å². The van der Waals surface area contributed by atoms with Crippen molar-refractivity contribution in [1.82, 2.24) is 20.7 Å². The second kappa shape index (κ2) is 14.2. The van der Waals surface area contributed by atoms with E-state index >= 15 is 0 Å². The van der Waals surface area contributed by atoms with Crippen LogP contribution in [0.1, 0.15) is 38.7 Å². The van der Waals surface area contributed by atoms with E-state index in [-0.39, 0.29) is 31.9 Å². The van der Waals surface area contributed by atoms with Crippen molar-refractivity contribution >= 4 is 29.4 Å². The van der Waals surface area contributed by atoms with Crippen LogP contribution in [0.25, 0.3) is 0 Å². The van der Waals surface area contributed by atoms with Gasteiger partial charge in [-0.3, -0.25) is 34.6 Å². The number of aryl methyl sites for hydroxylation is 1. The number of carbonyl (C=O) groups is 4. The minimum Gasteiger partial charge on any atom is -0.494 e. The molecule has 0 aliphatic rings. The van der Waals surface area contributed by atoms with Crippen LogP contribution >= 0.6 is 0 Å². The molecule has 0 fully saturated rings. The number of carboxylic acids is 1. The molecule has 0 saturated heterocycles. The van der Waals surface area contributed by atoms with Crippen molar-refractivity contribution in [3.05, 3.63) is 54.4 Å². The largest absolute Gasteiger partial charge is 0.494 e. The van der Waals surface area contributed by atoms with E-state index in [0.29, 0.717) is 24.3 Å². The van der Waals surface area contributed by atoms with E-state index < -0.39 is 23.9 Å². The van der Waals surface area contributed by atoms with E-state index in [1.807, 2.05) is 6.07 Å². The van der Waals surface area contributed by atoms with Crippen molar-refractivity contribution in [2.45, 2.75) is 45.7 Å². The minimum absolute atomic E-state index is 0.0200. The van der Waals surface area contributed by atoms with Crippen LogP contribution in [-0.4, -0.2) is 58.1 Å². The van der Waals surface area contributed by atoms with Crippen LogP contribution < -0.4 is 20.8 Å². The van der Waals surface area contributed by atoms with Gasteiger partial charge in [0.15, 0.2) is 6.17 Å². The van der Waals surface area contributed by atoms with Gasteiger partial charge in [-0.1, -0.05) is 6.07 Å². The fourth-order valence-corrected chi connectivity index (χ4v) is 3.06. The summed E-state index contributed by atoms with van der Waals surface area (Å²) in [5.41, 5.74) is 3.89. The first kappa shape index (κ1) is 27.1. The summed E-state index contributed by atoms with van der Waals surface area (Å²) in [6, 6.07) is 10.3. The molecule has 4 N–H and O–H groups in total. The summed E-state index contributed by atoms with van der Waals surface area (Å²) in [6.07, 6.45) is 3.19. The molecule has 1 aromatic carbocycles. The number of hydrazine groups is 1. The molecule has 11 heteroatoms. The van der Waals surface area contributed by atoms with Crippen LogP contribution in [-0.2, 0) is 25.6 Å². The molecule has 0 saturated carbocycles. The molecule has 0 bridgehead atoms. The Morgan fingerprint density at radius 3 is 2.46 bits per heavy atom. The van der Waals surface area contributed by atoms with Crippen LogP contribution in [0.4, 0.5) is 5.69 Å². The number of hydrogen-bond donors (Lipinski definition) is 4. The number of nitrogens with one attached hydrogen (secondary N) is 3. The summed E-state index contributed by atoms with van der Waals surface area (Å²) < 4.78 is 5.51. The van der Waals surface area contributed by atoms with E-state index in [2.05, 4.69) is 21.0 Å². The molecule has 2 rings (SSSR count). The lowest BCUT2D eigenvalue weighted by Crippen LogP contribution is -2.57. The number of rotatable bonds is 13. The van der Waals surface area contributed by atoms with Gasteiger partial charge in [0.2, 0.25) is 11.8 Å². The third-order valence-electron chi connectivity index (χ3n) is 4.76. The highest BCUT2D eigenvalue weighted by molar-refractivity contribution is 5.90. The van der Waals surface area contributed by atoms with E-state index in [1.54, 1.807) is 49.6 Å². The average Bonchev–Trinajstić information content (AvgIpc) is 2.84. The Hall–Kier alpha value is -4.15. The van der Waals surface area contributed by atoms with Gasteiger partial charge in [-0.25, -0.2) is 0 Å². The molecule has 1 heterocycles. The quantitative estimate of drug-likeness (QED) is 0.190. The summed E-state index contributed by atoms with van der Waals surface area (Å²) in [7, 11) is 0. The number of anilines is 1. The van der Waals surface area contributed by atoms with Gasteiger partial charge in [-0.2, -0.15) is 0 Å². The fourth-order valence-electron chi connectivity index (χ4n) is 3.06. The molecule has 1 unspecified atom stereocenters. The van der Waals surface area contributed by atoms with Crippen molar-refractivity contribution in [1.29, 1.82) is 0 Å². The number of pyridine rings is 1. The predicted molar refractivity (Wildman–Crippen MR) is 128 cm³/mol. The third-order valence-corrected chi connectivity index (χ3v) is 4.76. The number of likely N-dealkylation sites (N-methyl/N-ethyl adjacent to an activating group) is 1. The zero-order valence-electron chi connectivity index (χ0n) is 19.8. The van der Waals surface area contributed by atoms with Crippen molar-refractivity contribution in [3.63, 3.8) is 0 Å². The van der Waals surface area contributed by atoms with Crippen LogP contribution in [0, 0.1) is 0 Å². The standard InChI is InChI=1S/C24H31N5O6/c1-3-29(28-17(2)30)24(34)23(27-21(31)13-8-18-6-4-14-25-16-18)26-19-9-11-20(12-10-19)35-15-5-7-22(32)33/h4,6,9-12,14,16,23,26H,3,5,7-8,13,15H2,1-2H3,(H,27,31)(H,28,30)(H,32,33). The van der Waals surface area contributed by atoms with Crippen molar-refractivity contribution in [2.75, 3.05) is 18.5 Å². The predicted octanol–water partition coefficient (Wildman–Crippen LogP) is 1.71. The van der Waals surface area contributed by atoms with Crippen LogP contribution in [0.3, 0.4) is 0 Å². The molecule has 0 radical (unpaired) electrons. The molecule has 2 aromatic rings. The van der Waals surface area contributed by atoms with Crippen LogP contribution in [0.15, 0.2) is 48.8 Å². The van der Waals surface area contributed by atoms with Gasteiger partial charge in [-0.05, 0) is 55.7 Å². The number of aliphatic carboxylic acids is 1. The lowest BCUT2D eigenvalue weighted by Gasteiger charge is -2.28. The Morgan fingerprint density at radius 1 is 1.11 bits per heavy atom. The highest BCUT2D eigenvalue weighted by atomic mass is 16.5. The lowest BCUT2D eigenvalue weighted by molar-refractivity contribution is -0.142. The fraction of sp³-hybridized carbons (Fsp3) is 0.375. The first-order valence-electron chi connectivity index (χ1n) is 11.3. The Morgan fingerprint density at radius 2 is 1.86 bits per heavy atom. The van der Waals surface area contributed by atoms with Crippen molar-refractivity contribution in [3.8, 4) is 5.75 Å². The molecule has 0 spiro atoms. The number of nitrogens with zero attached hydrogens (tertiary/aromatic N) is 2. The zero-order valence-corrected chi connectivity index (χ0v) is 19.8. The maximum Gasteiger partial charge on any atom is 0.303 e. The molecule has 1 aromatic heterocycles. The minimum atomic E-state index is -1.13. The number of carbonyl (C=O) groups excluding carboxylic acids is 3. The van der Waals surface area contributed by atoms with Gasteiger partial charge in [0.25, 0.3) is 5.91 Å². The van der Waals surface area contributed by atoms with E-state index in [4.69, 9.17) is 9.84 Å². The number of aromatic nitrogens is 1. The Balaban J connectivity index is 2.05. The van der Waals surface area contributed by atoms with Crippen LogP contribution in [0.5, 0.6) is 5.75 Å². The Labute approximate surface area is 203 Å². The van der Waals surface area contributed by atoms with Gasteiger partial charge in [-0.15, -0.1) is 0 Å². The summed E-state index contributed by atoms with van der Waals surface area (Å²) in [5.74, 6) is -1.64. The number of benzene rings is 1. The molecule has 0 aliphatic heterocycles. The first-order chi connectivity index (χ1) is 16.8. The average molecular weight is 486 g/mol. The van der Waals surface area contributed by atoms with E-state index in [0.717, 1.165) is 10.6 Å². The molecule has 188 valence electrons. The highest BCUT2D eigenvalue weighted by Gasteiger charge is 2.26. The van der Waals surface area contributed by atoms with Gasteiger partial charge < -0.3 is 20.5 Å². The topological polar surface area (TPSA) is 150 Å². The number of carboxylic acid groups (broad SMARTS) is 1. The summed E-state index contributed by atoms with van der Waals surface area (Å²) in [4.78, 5) is 51.8. The van der Waals surface area contributed by atoms with Crippen molar-refractivity contribution < 1.29 is 29.0 Å². The normalized spacial score (nSPS) is 11.1. The molecule has 0 aliphatic carbocycles. The number of hydrogen-bond acceptors (Lipinski definition) is 7. The molecule has 11 nitrogen and oxygen atoms in total. The highest BCUT2D eigenvalue weighted by Crippen LogP contribution is 2.17. The second-order valence-electron chi connectivity index (χ2n) is 7.63. The molecule has 3 amide bonds. The summed E-state index contributed by atoms with van der Waals surface area (Å²) in [6.45, 7) is 3.45. The maximum atomic E-state index is 13.1. The Bertz CT molecular complexity index is 984. The smallest absolute Gasteiger partial charge is 0.303 e. The SMILES string of the molecule is CCN(NC(C)=O)C(=O)C(NC(=O)CCc1cccnc1)Nc1ccc(OCCCC(=O)O)cc1. The van der Waals surface area contributed by atoms with Crippen LogP contribution in [0.2, 0.25) is 0 Å². The summed E-state index contributed by atoms with van der Waals surface area (Å²) in [5, 5.41) is 15.5. The second-order valence-corrected chi connectivity index (χ2v) is 7.63. The third kappa shape index (κ3) is 10.1. The molecule has 1 atom stereocenters. The maximum absolute atomic E-state index is 13.1. The zero-order chi connectivity index (χ0) is 25.6. The first-order valence-corrected chi connectivity index (χ1v) is 11.3. The Kier molecular flexibility index (Phi) is 11.0. The lowest BCUT2D eigenvalue weighted by atomic mass is 10.1. The molecular weight excluding hydrogens is 454 g/mol. The molecule has 35 heavy (non-hydrogen) atoms. The van der Waals surface area contributed by atoms with Gasteiger partial charge in [0.05, 0.1) is 6.61 Å². The van der Waals surface area contributed by atoms with Gasteiger partial charge >= 0.3 is 5.97 Å². The van der Waals surface area contributed by atoms with Crippen molar-refractivity contribution in [2.24, 2.45) is 0 Å².